The van der Waals surface area contributed by atoms with E-state index in [0.717, 1.165) is 31.5 Å². The van der Waals surface area contributed by atoms with Gasteiger partial charge in [-0.05, 0) is 32.0 Å². The highest BCUT2D eigenvalue weighted by Gasteiger charge is 2.37. The van der Waals surface area contributed by atoms with Crippen LogP contribution in [0.5, 0.6) is 5.75 Å². The largest absolute Gasteiger partial charge is 0.508 e. The molecular weight excluding hydrogens is 256 g/mol. The van der Waals surface area contributed by atoms with Crippen LogP contribution in [-0.2, 0) is 11.3 Å². The molecule has 2 aliphatic rings. The van der Waals surface area contributed by atoms with Gasteiger partial charge in [-0.2, -0.15) is 0 Å². The molecule has 2 saturated heterocycles. The SMILES string of the molecule is O=C1OC(C2CCNCC2)CN1Cc1ccccc1O. The number of aromatic hydroxyl groups is 1. The van der Waals surface area contributed by atoms with Gasteiger partial charge in [-0.3, -0.25) is 0 Å². The lowest BCUT2D eigenvalue weighted by Crippen LogP contribution is -2.36. The number of cyclic esters (lactones) is 1. The number of amides is 1. The van der Waals surface area contributed by atoms with E-state index in [-0.39, 0.29) is 17.9 Å². The van der Waals surface area contributed by atoms with Gasteiger partial charge in [-0.1, -0.05) is 18.2 Å². The number of hydrogen-bond acceptors (Lipinski definition) is 4. The summed E-state index contributed by atoms with van der Waals surface area (Å²) in [4.78, 5) is 13.6. The summed E-state index contributed by atoms with van der Waals surface area (Å²) >= 11 is 0. The van der Waals surface area contributed by atoms with E-state index in [9.17, 15) is 9.90 Å². The smallest absolute Gasteiger partial charge is 0.410 e. The van der Waals surface area contributed by atoms with Crippen LogP contribution in [-0.4, -0.2) is 41.8 Å². The monoisotopic (exact) mass is 276 g/mol. The summed E-state index contributed by atoms with van der Waals surface area (Å²) in [5.41, 5.74) is 0.760. The number of ether oxygens (including phenoxy) is 1. The first-order chi connectivity index (χ1) is 9.74. The van der Waals surface area contributed by atoms with E-state index in [4.69, 9.17) is 4.74 Å². The molecule has 1 amide bonds. The number of hydrogen-bond donors (Lipinski definition) is 2. The Bertz CT molecular complexity index is 486. The maximum atomic E-state index is 11.9. The highest BCUT2D eigenvalue weighted by molar-refractivity contribution is 5.70. The average Bonchev–Trinajstić information content (AvgIpc) is 2.84. The summed E-state index contributed by atoms with van der Waals surface area (Å²) in [7, 11) is 0. The zero-order chi connectivity index (χ0) is 13.9. The Morgan fingerprint density at radius 2 is 2.05 bits per heavy atom. The van der Waals surface area contributed by atoms with E-state index in [1.54, 1.807) is 17.0 Å². The minimum Gasteiger partial charge on any atom is -0.508 e. The van der Waals surface area contributed by atoms with Gasteiger partial charge in [0.2, 0.25) is 0 Å². The first-order valence-corrected chi connectivity index (χ1v) is 7.17. The Balaban J connectivity index is 1.63. The molecular formula is C15H20N2O3. The van der Waals surface area contributed by atoms with Crippen molar-refractivity contribution in [2.75, 3.05) is 19.6 Å². The molecule has 108 valence electrons. The molecule has 0 saturated carbocycles. The van der Waals surface area contributed by atoms with Gasteiger partial charge in [-0.25, -0.2) is 4.79 Å². The molecule has 1 aromatic carbocycles. The molecule has 3 rings (SSSR count). The third-order valence-electron chi connectivity index (χ3n) is 4.17. The average molecular weight is 276 g/mol. The van der Waals surface area contributed by atoms with Gasteiger partial charge in [0.05, 0.1) is 13.1 Å². The van der Waals surface area contributed by atoms with Gasteiger partial charge >= 0.3 is 6.09 Å². The molecule has 0 bridgehead atoms. The number of benzene rings is 1. The maximum absolute atomic E-state index is 11.9. The molecule has 0 spiro atoms. The van der Waals surface area contributed by atoms with Gasteiger partial charge in [0, 0.05) is 11.5 Å². The lowest BCUT2D eigenvalue weighted by atomic mass is 9.92. The zero-order valence-electron chi connectivity index (χ0n) is 11.4. The van der Waals surface area contributed by atoms with Crippen molar-refractivity contribution in [1.29, 1.82) is 0 Å². The molecule has 2 N–H and O–H groups in total. The number of para-hydroxylation sites is 1. The highest BCUT2D eigenvalue weighted by atomic mass is 16.6. The quantitative estimate of drug-likeness (QED) is 0.882. The lowest BCUT2D eigenvalue weighted by molar-refractivity contribution is 0.0905. The zero-order valence-corrected chi connectivity index (χ0v) is 11.4. The van der Waals surface area contributed by atoms with E-state index in [1.807, 2.05) is 12.1 Å². The van der Waals surface area contributed by atoms with Crippen molar-refractivity contribution in [3.05, 3.63) is 29.8 Å². The normalized spacial score (nSPS) is 23.9. The number of rotatable bonds is 3. The van der Waals surface area contributed by atoms with E-state index in [1.165, 1.54) is 0 Å². The second-order valence-electron chi connectivity index (χ2n) is 5.52. The van der Waals surface area contributed by atoms with Crippen molar-refractivity contribution in [2.24, 2.45) is 5.92 Å². The van der Waals surface area contributed by atoms with Gasteiger partial charge in [-0.15, -0.1) is 0 Å². The topological polar surface area (TPSA) is 61.8 Å². The van der Waals surface area contributed by atoms with Crippen molar-refractivity contribution >= 4 is 6.09 Å². The molecule has 5 heteroatoms. The van der Waals surface area contributed by atoms with Crippen LogP contribution < -0.4 is 5.32 Å². The molecule has 2 fully saturated rings. The first kappa shape index (κ1) is 13.2. The fourth-order valence-electron chi connectivity index (χ4n) is 2.97. The summed E-state index contributed by atoms with van der Waals surface area (Å²) in [5, 5.41) is 13.1. The molecule has 0 aliphatic carbocycles. The maximum Gasteiger partial charge on any atom is 0.410 e. The highest BCUT2D eigenvalue weighted by Crippen LogP contribution is 2.27. The van der Waals surface area contributed by atoms with Crippen LogP contribution in [0.1, 0.15) is 18.4 Å². The number of phenolic OH excluding ortho intramolecular Hbond substituents is 1. The molecule has 1 atom stereocenters. The number of phenols is 1. The molecule has 2 heterocycles. The summed E-state index contributed by atoms with van der Waals surface area (Å²) in [6.07, 6.45) is 1.84. The summed E-state index contributed by atoms with van der Waals surface area (Å²) in [6.45, 7) is 3.03. The molecule has 1 aromatic rings. The predicted octanol–water partition coefficient (Wildman–Crippen LogP) is 1.71. The van der Waals surface area contributed by atoms with Crippen molar-refractivity contribution < 1.29 is 14.6 Å². The van der Waals surface area contributed by atoms with Gasteiger partial charge in [0.25, 0.3) is 0 Å². The van der Waals surface area contributed by atoms with Crippen LogP contribution in [0.3, 0.4) is 0 Å². The molecule has 20 heavy (non-hydrogen) atoms. The molecule has 2 aliphatic heterocycles. The Morgan fingerprint density at radius 3 is 2.80 bits per heavy atom. The van der Waals surface area contributed by atoms with E-state index in [0.29, 0.717) is 19.0 Å². The molecule has 1 unspecified atom stereocenters. The third kappa shape index (κ3) is 2.72. The molecule has 0 radical (unpaired) electrons. The number of carbonyl (C=O) groups excluding carboxylic acids is 1. The third-order valence-corrected chi connectivity index (χ3v) is 4.17. The number of carbonyl (C=O) groups is 1. The Hall–Kier alpha value is -1.75. The van der Waals surface area contributed by atoms with Crippen molar-refractivity contribution in [1.82, 2.24) is 10.2 Å². The van der Waals surface area contributed by atoms with E-state index in [2.05, 4.69) is 5.32 Å². The lowest BCUT2D eigenvalue weighted by Gasteiger charge is -2.26. The minimum atomic E-state index is -0.267. The Morgan fingerprint density at radius 1 is 1.30 bits per heavy atom. The Labute approximate surface area is 118 Å². The second kappa shape index (κ2) is 5.71. The fourth-order valence-corrected chi connectivity index (χ4v) is 2.97. The number of nitrogens with one attached hydrogen (secondary N) is 1. The van der Waals surface area contributed by atoms with Crippen LogP contribution in [0.25, 0.3) is 0 Å². The molecule has 5 nitrogen and oxygen atoms in total. The number of piperidine rings is 1. The van der Waals surface area contributed by atoms with Gasteiger partial charge < -0.3 is 20.1 Å². The fraction of sp³-hybridized carbons (Fsp3) is 0.533. The van der Waals surface area contributed by atoms with Crippen molar-refractivity contribution in [3.8, 4) is 5.75 Å². The minimum absolute atomic E-state index is 0.00421. The second-order valence-corrected chi connectivity index (χ2v) is 5.52. The van der Waals surface area contributed by atoms with Crippen LogP contribution in [0.4, 0.5) is 4.79 Å². The van der Waals surface area contributed by atoms with Gasteiger partial charge in [0.15, 0.2) is 0 Å². The summed E-state index contributed by atoms with van der Waals surface area (Å²) < 4.78 is 5.50. The summed E-state index contributed by atoms with van der Waals surface area (Å²) in [5.74, 6) is 0.681. The first-order valence-electron chi connectivity index (χ1n) is 7.17. The standard InChI is InChI=1S/C15H20N2O3/c18-13-4-2-1-3-12(13)9-17-10-14(20-15(17)19)11-5-7-16-8-6-11/h1-4,11,14,16,18H,5-10H2. The number of nitrogens with zero attached hydrogens (tertiary/aromatic N) is 1. The molecule has 0 aromatic heterocycles. The van der Waals surface area contributed by atoms with Crippen LogP contribution in [0.15, 0.2) is 24.3 Å². The van der Waals surface area contributed by atoms with E-state index < -0.39 is 0 Å². The van der Waals surface area contributed by atoms with Crippen molar-refractivity contribution in [2.45, 2.75) is 25.5 Å². The predicted molar refractivity (Wildman–Crippen MR) is 74.4 cm³/mol. The van der Waals surface area contributed by atoms with Crippen LogP contribution in [0, 0.1) is 5.92 Å². The summed E-state index contributed by atoms with van der Waals surface area (Å²) in [6, 6.07) is 7.11. The Kier molecular flexibility index (Phi) is 3.78. The van der Waals surface area contributed by atoms with Gasteiger partial charge in [0.1, 0.15) is 11.9 Å². The van der Waals surface area contributed by atoms with Crippen LogP contribution >= 0.6 is 0 Å². The van der Waals surface area contributed by atoms with E-state index >= 15 is 0 Å². The van der Waals surface area contributed by atoms with Crippen molar-refractivity contribution in [3.63, 3.8) is 0 Å². The van der Waals surface area contributed by atoms with Crippen LogP contribution in [0.2, 0.25) is 0 Å².